The summed E-state index contributed by atoms with van der Waals surface area (Å²) in [6.45, 7) is 3.31. The van der Waals surface area contributed by atoms with Crippen molar-refractivity contribution < 1.29 is 18.7 Å². The Kier molecular flexibility index (Phi) is 6.47. The third-order valence-corrected chi connectivity index (χ3v) is 4.80. The summed E-state index contributed by atoms with van der Waals surface area (Å²) in [5.74, 6) is -0.510. The van der Waals surface area contributed by atoms with Gasteiger partial charge in [0.15, 0.2) is 0 Å². The lowest BCUT2D eigenvalue weighted by Gasteiger charge is -2.36. The fraction of sp³-hybridized carbons (Fsp3) is 0.333. The number of nitrogens with zero attached hydrogens (tertiary/aromatic N) is 2. The standard InChI is InChI=1S/C21H24FN3O3/c1-28-21(27)16-2-6-18(7-3-16)23-11-10-20(26)25-14-12-24(13-15-25)19-8-4-17(22)5-9-19/h2-9,23H,10-15H2,1H3. The number of benzene rings is 2. The van der Waals surface area contributed by atoms with Gasteiger partial charge < -0.3 is 19.9 Å². The molecule has 0 saturated carbocycles. The number of carbonyl (C=O) groups excluding carboxylic acids is 2. The van der Waals surface area contributed by atoms with Gasteiger partial charge in [0.1, 0.15) is 5.82 Å². The Labute approximate surface area is 163 Å². The highest BCUT2D eigenvalue weighted by Gasteiger charge is 2.20. The second-order valence-corrected chi connectivity index (χ2v) is 6.59. The Balaban J connectivity index is 1.41. The van der Waals surface area contributed by atoms with Crippen LogP contribution >= 0.6 is 0 Å². The molecule has 0 aromatic heterocycles. The Hall–Kier alpha value is -3.09. The number of carbonyl (C=O) groups is 2. The monoisotopic (exact) mass is 385 g/mol. The van der Waals surface area contributed by atoms with Crippen molar-refractivity contribution in [2.45, 2.75) is 6.42 Å². The van der Waals surface area contributed by atoms with Crippen molar-refractivity contribution in [1.29, 1.82) is 0 Å². The lowest BCUT2D eigenvalue weighted by Crippen LogP contribution is -2.49. The van der Waals surface area contributed by atoms with E-state index in [1.54, 1.807) is 36.4 Å². The number of esters is 1. The average Bonchev–Trinajstić information content (AvgIpc) is 2.74. The second kappa shape index (κ2) is 9.21. The number of hydrogen-bond donors (Lipinski definition) is 1. The molecule has 3 rings (SSSR count). The van der Waals surface area contributed by atoms with E-state index >= 15 is 0 Å². The number of nitrogens with one attached hydrogen (secondary N) is 1. The van der Waals surface area contributed by atoms with Crippen LogP contribution in [0.3, 0.4) is 0 Å². The first kappa shape index (κ1) is 19.7. The summed E-state index contributed by atoms with van der Waals surface area (Å²) >= 11 is 0. The van der Waals surface area contributed by atoms with Crippen LogP contribution in [0.15, 0.2) is 48.5 Å². The first-order valence-electron chi connectivity index (χ1n) is 9.27. The second-order valence-electron chi connectivity index (χ2n) is 6.59. The summed E-state index contributed by atoms with van der Waals surface area (Å²) in [4.78, 5) is 27.9. The highest BCUT2D eigenvalue weighted by Crippen LogP contribution is 2.17. The third-order valence-electron chi connectivity index (χ3n) is 4.80. The van der Waals surface area contributed by atoms with Gasteiger partial charge in [-0.3, -0.25) is 4.79 Å². The van der Waals surface area contributed by atoms with E-state index in [2.05, 4.69) is 15.0 Å². The molecule has 1 heterocycles. The minimum atomic E-state index is -0.374. The molecule has 2 aromatic rings. The van der Waals surface area contributed by atoms with Crippen LogP contribution in [0.5, 0.6) is 0 Å². The maximum Gasteiger partial charge on any atom is 0.337 e. The van der Waals surface area contributed by atoms with Crippen molar-refractivity contribution in [2.75, 3.05) is 50.1 Å². The van der Waals surface area contributed by atoms with Gasteiger partial charge in [0.25, 0.3) is 0 Å². The number of amides is 1. The van der Waals surface area contributed by atoms with Gasteiger partial charge in [-0.05, 0) is 48.5 Å². The van der Waals surface area contributed by atoms with Gasteiger partial charge in [-0.25, -0.2) is 9.18 Å². The van der Waals surface area contributed by atoms with Crippen LogP contribution in [0.1, 0.15) is 16.8 Å². The van der Waals surface area contributed by atoms with Gasteiger partial charge in [-0.2, -0.15) is 0 Å². The molecule has 6 nitrogen and oxygen atoms in total. The van der Waals surface area contributed by atoms with Crippen molar-refractivity contribution in [1.82, 2.24) is 4.90 Å². The Bertz CT molecular complexity index is 801. The molecule has 0 bridgehead atoms. The molecule has 0 atom stereocenters. The zero-order chi connectivity index (χ0) is 19.9. The predicted octanol–water partition coefficient (Wildman–Crippen LogP) is 2.76. The van der Waals surface area contributed by atoms with E-state index < -0.39 is 0 Å². The highest BCUT2D eigenvalue weighted by atomic mass is 19.1. The molecule has 148 valence electrons. The van der Waals surface area contributed by atoms with Crippen LogP contribution < -0.4 is 10.2 Å². The summed E-state index contributed by atoms with van der Waals surface area (Å²) < 4.78 is 17.7. The molecule has 7 heteroatoms. The smallest absolute Gasteiger partial charge is 0.337 e. The molecule has 0 radical (unpaired) electrons. The van der Waals surface area contributed by atoms with Gasteiger partial charge in [0.05, 0.1) is 12.7 Å². The van der Waals surface area contributed by atoms with E-state index in [-0.39, 0.29) is 17.7 Å². The van der Waals surface area contributed by atoms with Crippen LogP contribution in [-0.4, -0.2) is 56.6 Å². The van der Waals surface area contributed by atoms with E-state index in [1.807, 2.05) is 4.90 Å². The van der Waals surface area contributed by atoms with E-state index in [0.717, 1.165) is 24.5 Å². The maximum atomic E-state index is 13.0. The molecule has 28 heavy (non-hydrogen) atoms. The summed E-state index contributed by atoms with van der Waals surface area (Å²) in [5.41, 5.74) is 2.32. The number of ether oxygens (including phenoxy) is 1. The topological polar surface area (TPSA) is 61.9 Å². The normalized spacial score (nSPS) is 13.9. The fourth-order valence-corrected chi connectivity index (χ4v) is 3.18. The lowest BCUT2D eigenvalue weighted by atomic mass is 10.2. The predicted molar refractivity (Wildman–Crippen MR) is 106 cm³/mol. The van der Waals surface area contributed by atoms with Crippen LogP contribution in [0, 0.1) is 5.82 Å². The number of rotatable bonds is 6. The molecule has 0 spiro atoms. The van der Waals surface area contributed by atoms with Gasteiger partial charge in [-0.15, -0.1) is 0 Å². The maximum absolute atomic E-state index is 13.0. The highest BCUT2D eigenvalue weighted by molar-refractivity contribution is 5.89. The number of methoxy groups -OCH3 is 1. The molecular weight excluding hydrogens is 361 g/mol. The minimum Gasteiger partial charge on any atom is -0.465 e. The lowest BCUT2D eigenvalue weighted by molar-refractivity contribution is -0.131. The van der Waals surface area contributed by atoms with E-state index in [4.69, 9.17) is 0 Å². The van der Waals surface area contributed by atoms with Gasteiger partial charge in [-0.1, -0.05) is 0 Å². The SMILES string of the molecule is COC(=O)c1ccc(NCCC(=O)N2CCN(c3ccc(F)cc3)CC2)cc1. The Morgan fingerprint density at radius 1 is 1.00 bits per heavy atom. The largest absolute Gasteiger partial charge is 0.465 e. The van der Waals surface area contributed by atoms with E-state index in [0.29, 0.717) is 31.6 Å². The van der Waals surface area contributed by atoms with Crippen LogP contribution in [0.2, 0.25) is 0 Å². The number of anilines is 2. The molecule has 1 saturated heterocycles. The summed E-state index contributed by atoms with van der Waals surface area (Å²) in [7, 11) is 1.35. The number of hydrogen-bond acceptors (Lipinski definition) is 5. The van der Waals surface area contributed by atoms with E-state index in [9.17, 15) is 14.0 Å². The van der Waals surface area contributed by atoms with Crippen molar-refractivity contribution in [3.8, 4) is 0 Å². The molecule has 1 amide bonds. The molecule has 0 aliphatic carbocycles. The van der Waals surface area contributed by atoms with Crippen LogP contribution in [0.25, 0.3) is 0 Å². The molecular formula is C21H24FN3O3. The summed E-state index contributed by atoms with van der Waals surface area (Å²) in [6.07, 6.45) is 0.398. The molecule has 1 fully saturated rings. The van der Waals surface area contributed by atoms with Gasteiger partial charge >= 0.3 is 5.97 Å². The van der Waals surface area contributed by atoms with Crippen molar-refractivity contribution in [3.63, 3.8) is 0 Å². The average molecular weight is 385 g/mol. The quantitative estimate of drug-likeness (QED) is 0.775. The van der Waals surface area contributed by atoms with E-state index in [1.165, 1.54) is 19.2 Å². The Morgan fingerprint density at radius 3 is 2.25 bits per heavy atom. The van der Waals surface area contributed by atoms with Gasteiger partial charge in [0.2, 0.25) is 5.91 Å². The minimum absolute atomic E-state index is 0.109. The first-order chi connectivity index (χ1) is 13.6. The van der Waals surface area contributed by atoms with Gasteiger partial charge in [0, 0.05) is 50.5 Å². The van der Waals surface area contributed by atoms with Crippen LogP contribution in [0.4, 0.5) is 15.8 Å². The van der Waals surface area contributed by atoms with Crippen molar-refractivity contribution >= 4 is 23.3 Å². The molecule has 0 unspecified atom stereocenters. The fourth-order valence-electron chi connectivity index (χ4n) is 3.18. The number of piperazine rings is 1. The third kappa shape index (κ3) is 5.00. The van der Waals surface area contributed by atoms with Crippen molar-refractivity contribution in [2.24, 2.45) is 0 Å². The summed E-state index contributed by atoms with van der Waals surface area (Å²) in [6, 6.07) is 13.4. The molecule has 1 aliphatic rings. The zero-order valence-corrected chi connectivity index (χ0v) is 15.9. The van der Waals surface area contributed by atoms with Crippen molar-refractivity contribution in [3.05, 3.63) is 59.9 Å². The zero-order valence-electron chi connectivity index (χ0n) is 15.9. The number of halogens is 1. The molecule has 2 aromatic carbocycles. The summed E-state index contributed by atoms with van der Waals surface area (Å²) in [5, 5.41) is 3.19. The molecule has 1 N–H and O–H groups in total. The Morgan fingerprint density at radius 2 is 1.64 bits per heavy atom. The molecule has 1 aliphatic heterocycles. The van der Waals surface area contributed by atoms with Crippen LogP contribution in [-0.2, 0) is 9.53 Å². The first-order valence-corrected chi connectivity index (χ1v) is 9.27.